The van der Waals surface area contributed by atoms with Gasteiger partial charge in [0.2, 0.25) is 5.91 Å². The quantitative estimate of drug-likeness (QED) is 0.458. The number of nitrogens with one attached hydrogen (secondary N) is 2. The van der Waals surface area contributed by atoms with E-state index < -0.39 is 23.7 Å². The number of hydrogen-bond donors (Lipinski definition) is 2. The highest BCUT2D eigenvalue weighted by Crippen LogP contribution is 2.17. The molecule has 30 heavy (non-hydrogen) atoms. The summed E-state index contributed by atoms with van der Waals surface area (Å²) in [6.45, 7) is 4.02. The van der Waals surface area contributed by atoms with Crippen LogP contribution in [0.3, 0.4) is 0 Å². The van der Waals surface area contributed by atoms with Gasteiger partial charge in [0.25, 0.3) is 5.91 Å². The minimum Gasteiger partial charge on any atom is -0.494 e. The molecule has 0 aliphatic rings. The maximum absolute atomic E-state index is 13.6. The fourth-order valence-electron chi connectivity index (χ4n) is 2.41. The van der Waals surface area contributed by atoms with E-state index in [1.807, 2.05) is 6.92 Å². The molecule has 2 aromatic carbocycles. The first kappa shape index (κ1) is 22.9. The van der Waals surface area contributed by atoms with E-state index in [0.29, 0.717) is 17.9 Å². The molecule has 0 bridgehead atoms. The Balaban J connectivity index is 1.72. The molecule has 0 radical (unpaired) electrons. The van der Waals surface area contributed by atoms with Gasteiger partial charge in [-0.15, -0.1) is 0 Å². The predicted molar refractivity (Wildman–Crippen MR) is 109 cm³/mol. The third-order valence-electron chi connectivity index (χ3n) is 4.06. The lowest BCUT2D eigenvalue weighted by atomic mass is 10.1. The van der Waals surface area contributed by atoms with E-state index in [9.17, 15) is 18.8 Å². The molecule has 0 saturated heterocycles. The van der Waals surface area contributed by atoms with Gasteiger partial charge in [-0.25, -0.2) is 4.39 Å². The molecule has 7 nitrogen and oxygen atoms in total. The average molecular weight is 416 g/mol. The summed E-state index contributed by atoms with van der Waals surface area (Å²) >= 11 is 0. The number of carbonyl (C=O) groups excluding carboxylic acids is 3. The number of benzene rings is 2. The molecule has 8 heteroatoms. The van der Waals surface area contributed by atoms with Crippen molar-refractivity contribution in [2.75, 3.05) is 6.61 Å². The van der Waals surface area contributed by atoms with Crippen LogP contribution in [-0.4, -0.2) is 30.3 Å². The monoisotopic (exact) mass is 416 g/mol. The van der Waals surface area contributed by atoms with E-state index in [2.05, 4.69) is 10.9 Å². The van der Waals surface area contributed by atoms with Crippen LogP contribution in [0, 0.1) is 5.82 Å². The van der Waals surface area contributed by atoms with E-state index in [0.717, 1.165) is 6.42 Å². The van der Waals surface area contributed by atoms with Gasteiger partial charge >= 0.3 is 0 Å². The summed E-state index contributed by atoms with van der Waals surface area (Å²) < 4.78 is 24.2. The molecule has 1 unspecified atom stereocenters. The number of amides is 2. The second kappa shape index (κ2) is 11.5. The highest BCUT2D eigenvalue weighted by molar-refractivity contribution is 5.98. The molecule has 2 N–H and O–H groups in total. The Morgan fingerprint density at radius 1 is 1.00 bits per heavy atom. The molecule has 0 aromatic heterocycles. The van der Waals surface area contributed by atoms with E-state index >= 15 is 0 Å². The van der Waals surface area contributed by atoms with Crippen molar-refractivity contribution in [1.82, 2.24) is 10.9 Å². The first-order valence-corrected chi connectivity index (χ1v) is 9.66. The molecule has 160 valence electrons. The first-order valence-electron chi connectivity index (χ1n) is 9.66. The molecule has 0 aliphatic carbocycles. The van der Waals surface area contributed by atoms with Crippen LogP contribution in [0.4, 0.5) is 4.39 Å². The van der Waals surface area contributed by atoms with Crippen LogP contribution in [-0.2, 0) is 9.59 Å². The van der Waals surface area contributed by atoms with Crippen molar-refractivity contribution in [3.63, 3.8) is 0 Å². The lowest BCUT2D eigenvalue weighted by Gasteiger charge is -2.15. The smallest absolute Gasteiger partial charge is 0.279 e. The topological polar surface area (TPSA) is 93.7 Å². The van der Waals surface area contributed by atoms with E-state index in [1.54, 1.807) is 30.3 Å². The Labute approximate surface area is 174 Å². The van der Waals surface area contributed by atoms with Gasteiger partial charge in [0.15, 0.2) is 23.5 Å². The number of carbonyl (C=O) groups is 3. The highest BCUT2D eigenvalue weighted by Gasteiger charge is 2.17. The largest absolute Gasteiger partial charge is 0.494 e. The summed E-state index contributed by atoms with van der Waals surface area (Å²) in [5, 5.41) is 0. The average Bonchev–Trinajstić information content (AvgIpc) is 2.76. The summed E-state index contributed by atoms with van der Waals surface area (Å²) in [5.41, 5.74) is 4.89. The molecule has 0 spiro atoms. The molecule has 0 aliphatic heterocycles. The Morgan fingerprint density at radius 3 is 2.37 bits per heavy atom. The fraction of sp³-hybridized carbons (Fsp3) is 0.318. The maximum atomic E-state index is 13.6. The zero-order chi connectivity index (χ0) is 21.9. The van der Waals surface area contributed by atoms with Crippen molar-refractivity contribution in [1.29, 1.82) is 0 Å². The van der Waals surface area contributed by atoms with Crippen molar-refractivity contribution < 1.29 is 28.2 Å². The standard InChI is InChI=1S/C22H25FN2O5/c1-3-14-29-17-10-8-16(9-11-17)19(26)12-13-21(27)24-25-22(28)15(2)30-20-7-5-4-6-18(20)23/h4-11,15H,3,12-14H2,1-2H3,(H,24,27)(H,25,28). The molecule has 2 amide bonds. The van der Waals surface area contributed by atoms with Crippen molar-refractivity contribution in [3.05, 3.63) is 59.9 Å². The van der Waals surface area contributed by atoms with Gasteiger partial charge in [-0.05, 0) is 49.7 Å². The van der Waals surface area contributed by atoms with Gasteiger partial charge in [-0.2, -0.15) is 0 Å². The second-order valence-electron chi connectivity index (χ2n) is 6.52. The van der Waals surface area contributed by atoms with Crippen LogP contribution in [0.1, 0.15) is 43.5 Å². The van der Waals surface area contributed by atoms with Gasteiger partial charge in [-0.3, -0.25) is 25.2 Å². The number of ketones is 1. The van der Waals surface area contributed by atoms with Crippen molar-refractivity contribution in [2.24, 2.45) is 0 Å². The summed E-state index contributed by atoms with van der Waals surface area (Å²) in [6, 6.07) is 12.4. The first-order chi connectivity index (χ1) is 14.4. The maximum Gasteiger partial charge on any atom is 0.279 e. The summed E-state index contributed by atoms with van der Waals surface area (Å²) in [4.78, 5) is 36.1. The number of rotatable bonds is 10. The molecular formula is C22H25FN2O5. The van der Waals surface area contributed by atoms with Crippen LogP contribution < -0.4 is 20.3 Å². The Bertz CT molecular complexity index is 870. The molecule has 0 fully saturated rings. The van der Waals surface area contributed by atoms with Gasteiger partial charge in [0.05, 0.1) is 6.61 Å². The normalized spacial score (nSPS) is 11.3. The van der Waals surface area contributed by atoms with E-state index in [1.165, 1.54) is 25.1 Å². The summed E-state index contributed by atoms with van der Waals surface area (Å²) in [5.74, 6) is -1.36. The third kappa shape index (κ3) is 7.20. The zero-order valence-corrected chi connectivity index (χ0v) is 16.9. The third-order valence-corrected chi connectivity index (χ3v) is 4.06. The van der Waals surface area contributed by atoms with Crippen LogP contribution in [0.5, 0.6) is 11.5 Å². The SMILES string of the molecule is CCCOc1ccc(C(=O)CCC(=O)NNC(=O)C(C)Oc2ccccc2F)cc1. The van der Waals surface area contributed by atoms with Crippen LogP contribution in [0.2, 0.25) is 0 Å². The summed E-state index contributed by atoms with van der Waals surface area (Å²) in [6.07, 6.45) is -0.258. The van der Waals surface area contributed by atoms with E-state index in [4.69, 9.17) is 9.47 Å². The number of halogens is 1. The number of hydrogen-bond acceptors (Lipinski definition) is 5. The molecular weight excluding hydrogens is 391 g/mol. The molecule has 1 atom stereocenters. The fourth-order valence-corrected chi connectivity index (χ4v) is 2.41. The van der Waals surface area contributed by atoms with Crippen molar-refractivity contribution in [3.8, 4) is 11.5 Å². The Morgan fingerprint density at radius 2 is 1.70 bits per heavy atom. The van der Waals surface area contributed by atoms with Gasteiger partial charge in [0.1, 0.15) is 5.75 Å². The lowest BCUT2D eigenvalue weighted by Crippen LogP contribution is -2.47. The lowest BCUT2D eigenvalue weighted by molar-refractivity contribution is -0.132. The number of para-hydroxylation sites is 1. The summed E-state index contributed by atoms with van der Waals surface area (Å²) in [7, 11) is 0. The van der Waals surface area contributed by atoms with Crippen LogP contribution in [0.25, 0.3) is 0 Å². The minimum absolute atomic E-state index is 0.0157. The second-order valence-corrected chi connectivity index (χ2v) is 6.52. The minimum atomic E-state index is -1.03. The van der Waals surface area contributed by atoms with Gasteiger partial charge < -0.3 is 9.47 Å². The van der Waals surface area contributed by atoms with Gasteiger partial charge in [0, 0.05) is 18.4 Å². The molecule has 2 rings (SSSR count). The zero-order valence-electron chi connectivity index (χ0n) is 16.9. The number of hydrazine groups is 1. The Kier molecular flexibility index (Phi) is 8.80. The van der Waals surface area contributed by atoms with Crippen LogP contribution in [0.15, 0.2) is 48.5 Å². The molecule has 0 saturated carbocycles. The van der Waals surface area contributed by atoms with E-state index in [-0.39, 0.29) is 24.4 Å². The Hall–Kier alpha value is -3.42. The predicted octanol–water partition coefficient (Wildman–Crippen LogP) is 3.19. The van der Waals surface area contributed by atoms with Crippen LogP contribution >= 0.6 is 0 Å². The molecule has 0 heterocycles. The number of ether oxygens (including phenoxy) is 2. The van der Waals surface area contributed by atoms with Crippen molar-refractivity contribution in [2.45, 2.75) is 39.2 Å². The molecule has 2 aromatic rings. The van der Waals surface area contributed by atoms with Gasteiger partial charge in [-0.1, -0.05) is 19.1 Å². The van der Waals surface area contributed by atoms with Crippen molar-refractivity contribution >= 4 is 17.6 Å². The number of Topliss-reactive ketones (excluding diaryl/α,β-unsaturated/α-hetero) is 1. The highest BCUT2D eigenvalue weighted by atomic mass is 19.1.